The molecule has 0 amide bonds. The molecular formula is C5H7ClN8. The Labute approximate surface area is 83.0 Å². The lowest BCUT2D eigenvalue weighted by Crippen LogP contribution is -2.13. The molecule has 0 aliphatic rings. The van der Waals surface area contributed by atoms with E-state index in [4.69, 9.17) is 23.3 Å². The fraction of sp³-hybridized carbons (Fsp3) is 0. The maximum Gasteiger partial charge on any atom is 0.201 e. The Bertz CT molecular complexity index is 423. The summed E-state index contributed by atoms with van der Waals surface area (Å²) in [6.07, 6.45) is 0. The number of aromatic nitrogens is 4. The monoisotopic (exact) mass is 214 g/mol. The van der Waals surface area contributed by atoms with Crippen LogP contribution in [0.3, 0.4) is 0 Å². The fourth-order valence-electron chi connectivity index (χ4n) is 1.08. The molecule has 2 heterocycles. The van der Waals surface area contributed by atoms with Crippen molar-refractivity contribution >= 4 is 34.3 Å². The zero-order valence-corrected chi connectivity index (χ0v) is 7.63. The van der Waals surface area contributed by atoms with Crippen LogP contribution in [0.4, 0.5) is 11.6 Å². The van der Waals surface area contributed by atoms with Crippen LogP contribution in [0.1, 0.15) is 0 Å². The van der Waals surface area contributed by atoms with Gasteiger partial charge in [0, 0.05) is 0 Å². The number of nitrogens with zero attached hydrogens (tertiary/aromatic N) is 3. The first kappa shape index (κ1) is 8.94. The summed E-state index contributed by atoms with van der Waals surface area (Å²) < 4.78 is 0. The number of anilines is 2. The topological polar surface area (TPSA) is 131 Å². The molecule has 2 aromatic rings. The highest BCUT2D eigenvalue weighted by Crippen LogP contribution is 2.24. The average Bonchev–Trinajstić information content (AvgIpc) is 2.57. The van der Waals surface area contributed by atoms with Gasteiger partial charge in [-0.25, -0.2) is 16.7 Å². The van der Waals surface area contributed by atoms with E-state index >= 15 is 0 Å². The van der Waals surface area contributed by atoms with Crippen molar-refractivity contribution in [2.24, 2.45) is 11.7 Å². The van der Waals surface area contributed by atoms with Crippen LogP contribution in [0.5, 0.6) is 0 Å². The first-order valence-electron chi connectivity index (χ1n) is 3.61. The van der Waals surface area contributed by atoms with E-state index in [1.165, 1.54) is 0 Å². The Kier molecular flexibility index (Phi) is 2.08. The molecule has 0 saturated carbocycles. The fourth-order valence-corrected chi connectivity index (χ4v) is 1.26. The summed E-state index contributed by atoms with van der Waals surface area (Å²) in [6.45, 7) is 0. The van der Waals surface area contributed by atoms with Crippen molar-refractivity contribution in [1.82, 2.24) is 20.2 Å². The van der Waals surface area contributed by atoms with Gasteiger partial charge >= 0.3 is 0 Å². The van der Waals surface area contributed by atoms with E-state index < -0.39 is 0 Å². The van der Waals surface area contributed by atoms with Crippen LogP contribution in [0, 0.1) is 0 Å². The molecule has 74 valence electrons. The number of H-pyrrole nitrogens is 1. The number of nitrogen functional groups attached to an aromatic ring is 2. The predicted molar refractivity (Wildman–Crippen MR) is 52.3 cm³/mol. The summed E-state index contributed by atoms with van der Waals surface area (Å²) >= 11 is 5.68. The SMILES string of the molecule is NNc1nnc(NN)c2[nH]c(Cl)nc12. The van der Waals surface area contributed by atoms with Crippen LogP contribution in [0.2, 0.25) is 5.28 Å². The number of hydrogen-bond acceptors (Lipinski definition) is 7. The Hall–Kier alpha value is -1.64. The summed E-state index contributed by atoms with van der Waals surface area (Å²) in [5.74, 6) is 11.1. The second-order valence-corrected chi connectivity index (χ2v) is 2.80. The average molecular weight is 215 g/mol. The van der Waals surface area contributed by atoms with Crippen LogP contribution >= 0.6 is 11.6 Å². The van der Waals surface area contributed by atoms with Crippen molar-refractivity contribution in [2.45, 2.75) is 0 Å². The molecular weight excluding hydrogens is 208 g/mol. The van der Waals surface area contributed by atoms with Gasteiger partial charge in [-0.3, -0.25) is 0 Å². The summed E-state index contributed by atoms with van der Waals surface area (Å²) in [6, 6.07) is 0. The van der Waals surface area contributed by atoms with Gasteiger partial charge < -0.3 is 15.8 Å². The van der Waals surface area contributed by atoms with Gasteiger partial charge in [0.1, 0.15) is 11.0 Å². The van der Waals surface area contributed by atoms with Crippen molar-refractivity contribution in [3.8, 4) is 0 Å². The molecule has 14 heavy (non-hydrogen) atoms. The lowest BCUT2D eigenvalue weighted by Gasteiger charge is -2.01. The highest BCUT2D eigenvalue weighted by molar-refractivity contribution is 6.29. The smallest absolute Gasteiger partial charge is 0.201 e. The highest BCUT2D eigenvalue weighted by Gasteiger charge is 2.12. The van der Waals surface area contributed by atoms with E-state index in [-0.39, 0.29) is 5.28 Å². The van der Waals surface area contributed by atoms with Crippen molar-refractivity contribution in [1.29, 1.82) is 0 Å². The number of rotatable bonds is 2. The summed E-state index contributed by atoms with van der Waals surface area (Å²) in [7, 11) is 0. The van der Waals surface area contributed by atoms with Gasteiger partial charge in [-0.15, -0.1) is 10.2 Å². The Morgan fingerprint density at radius 2 is 1.79 bits per heavy atom. The van der Waals surface area contributed by atoms with Gasteiger partial charge in [-0.1, -0.05) is 0 Å². The van der Waals surface area contributed by atoms with Gasteiger partial charge in [-0.2, -0.15) is 0 Å². The zero-order chi connectivity index (χ0) is 10.1. The van der Waals surface area contributed by atoms with Crippen LogP contribution < -0.4 is 22.5 Å². The normalized spacial score (nSPS) is 10.5. The maximum absolute atomic E-state index is 5.68. The first-order valence-corrected chi connectivity index (χ1v) is 3.99. The zero-order valence-electron chi connectivity index (χ0n) is 6.87. The predicted octanol–water partition coefficient (Wildman–Crippen LogP) is -0.422. The lowest BCUT2D eigenvalue weighted by molar-refractivity contribution is 1.02. The third kappa shape index (κ3) is 1.21. The van der Waals surface area contributed by atoms with Crippen LogP contribution in [0.15, 0.2) is 0 Å². The van der Waals surface area contributed by atoms with Crippen molar-refractivity contribution in [3.05, 3.63) is 5.28 Å². The van der Waals surface area contributed by atoms with E-state index in [9.17, 15) is 0 Å². The molecule has 0 fully saturated rings. The Balaban J connectivity index is 2.77. The second-order valence-electron chi connectivity index (χ2n) is 2.44. The summed E-state index contributed by atoms with van der Waals surface area (Å²) in [4.78, 5) is 6.73. The molecule has 0 bridgehead atoms. The molecule has 0 aliphatic heterocycles. The van der Waals surface area contributed by atoms with E-state index in [0.717, 1.165) is 0 Å². The third-order valence-corrected chi connectivity index (χ3v) is 1.84. The van der Waals surface area contributed by atoms with E-state index in [2.05, 4.69) is 31.0 Å². The highest BCUT2D eigenvalue weighted by atomic mass is 35.5. The quantitative estimate of drug-likeness (QED) is 0.339. The molecule has 0 atom stereocenters. The number of hydrogen-bond donors (Lipinski definition) is 5. The molecule has 0 aromatic carbocycles. The molecule has 0 unspecified atom stereocenters. The van der Waals surface area contributed by atoms with Gasteiger partial charge in [0.25, 0.3) is 0 Å². The number of hydrazine groups is 2. The third-order valence-electron chi connectivity index (χ3n) is 1.66. The van der Waals surface area contributed by atoms with E-state index in [1.807, 2.05) is 0 Å². The Morgan fingerprint density at radius 1 is 1.14 bits per heavy atom. The number of nitrogens with two attached hydrogens (primary N) is 2. The van der Waals surface area contributed by atoms with Crippen LogP contribution in [-0.4, -0.2) is 20.2 Å². The van der Waals surface area contributed by atoms with Crippen LogP contribution in [-0.2, 0) is 0 Å². The molecule has 2 rings (SSSR count). The molecule has 0 spiro atoms. The minimum atomic E-state index is 0.211. The summed E-state index contributed by atoms with van der Waals surface area (Å²) in [5.41, 5.74) is 5.73. The lowest BCUT2D eigenvalue weighted by atomic mass is 10.4. The molecule has 2 aromatic heterocycles. The summed E-state index contributed by atoms with van der Waals surface area (Å²) in [5, 5.41) is 7.70. The standard InChI is InChI=1S/C5H7ClN8/c6-5-9-1-2(10-5)4(12-8)14-13-3(1)11-7/h7-8H2,(H,9,10)(H,11,13)(H,12,14). The van der Waals surface area contributed by atoms with Gasteiger partial charge in [0.05, 0.1) is 0 Å². The van der Waals surface area contributed by atoms with Gasteiger partial charge in [0.15, 0.2) is 11.6 Å². The number of halogens is 1. The number of aromatic amines is 1. The maximum atomic E-state index is 5.68. The van der Waals surface area contributed by atoms with Gasteiger partial charge in [-0.05, 0) is 11.6 Å². The number of imidazole rings is 1. The molecule has 8 nitrogen and oxygen atoms in total. The number of nitrogens with one attached hydrogen (secondary N) is 3. The van der Waals surface area contributed by atoms with Gasteiger partial charge in [0.2, 0.25) is 5.28 Å². The Morgan fingerprint density at radius 3 is 2.43 bits per heavy atom. The molecule has 9 heteroatoms. The van der Waals surface area contributed by atoms with E-state index in [0.29, 0.717) is 22.7 Å². The molecule has 0 saturated heterocycles. The minimum Gasteiger partial charge on any atom is -0.325 e. The molecule has 0 aliphatic carbocycles. The number of fused-ring (bicyclic) bond motifs is 1. The largest absolute Gasteiger partial charge is 0.325 e. The van der Waals surface area contributed by atoms with Crippen LogP contribution in [0.25, 0.3) is 11.0 Å². The molecule has 7 N–H and O–H groups in total. The first-order chi connectivity index (χ1) is 6.76. The van der Waals surface area contributed by atoms with Crippen molar-refractivity contribution in [2.75, 3.05) is 10.9 Å². The molecule has 0 radical (unpaired) electrons. The second kappa shape index (κ2) is 3.25. The van der Waals surface area contributed by atoms with E-state index in [1.54, 1.807) is 0 Å². The minimum absolute atomic E-state index is 0.211. The van der Waals surface area contributed by atoms with Crippen molar-refractivity contribution in [3.63, 3.8) is 0 Å². The van der Waals surface area contributed by atoms with Crippen molar-refractivity contribution < 1.29 is 0 Å².